The lowest BCUT2D eigenvalue weighted by atomic mass is 10.1. The molecular formula is C22H27BrN2O5S2. The molecule has 0 radical (unpaired) electrons. The molecule has 0 aliphatic carbocycles. The number of amides is 2. The average Bonchev–Trinajstić information content (AvgIpc) is 3.04. The van der Waals surface area contributed by atoms with Gasteiger partial charge in [0.05, 0.1) is 29.2 Å². The SMILES string of the molecule is CCCCN1C(=O)/C(=C/c2cc(Br)c(OCC(=O)N3CCOCC3)c(OCC)c2)SC1=S. The summed E-state index contributed by atoms with van der Waals surface area (Å²) in [6, 6.07) is 3.65. The third kappa shape index (κ3) is 6.24. The molecule has 0 unspecified atom stereocenters. The number of nitrogens with zero attached hydrogens (tertiary/aromatic N) is 2. The molecule has 0 aromatic heterocycles. The van der Waals surface area contributed by atoms with Crippen LogP contribution in [-0.2, 0) is 14.3 Å². The fraction of sp³-hybridized carbons (Fsp3) is 0.500. The molecule has 2 fully saturated rings. The highest BCUT2D eigenvalue weighted by molar-refractivity contribution is 9.10. The zero-order valence-electron chi connectivity index (χ0n) is 18.2. The van der Waals surface area contributed by atoms with E-state index in [1.165, 1.54) is 11.8 Å². The number of ether oxygens (including phenoxy) is 3. The topological polar surface area (TPSA) is 68.3 Å². The van der Waals surface area contributed by atoms with Crippen molar-refractivity contribution in [2.75, 3.05) is 46.1 Å². The number of thioether (sulfide) groups is 1. The number of hydrogen-bond donors (Lipinski definition) is 0. The van der Waals surface area contributed by atoms with Crippen LogP contribution in [0.4, 0.5) is 0 Å². The molecule has 0 N–H and O–H groups in total. The van der Waals surface area contributed by atoms with Crippen LogP contribution in [0.5, 0.6) is 11.5 Å². The van der Waals surface area contributed by atoms with Gasteiger partial charge < -0.3 is 19.1 Å². The molecule has 2 saturated heterocycles. The van der Waals surface area contributed by atoms with Crippen LogP contribution in [0.15, 0.2) is 21.5 Å². The fourth-order valence-corrected chi connectivity index (χ4v) is 5.16. The van der Waals surface area contributed by atoms with Gasteiger partial charge in [0, 0.05) is 19.6 Å². The predicted molar refractivity (Wildman–Crippen MR) is 133 cm³/mol. The zero-order valence-corrected chi connectivity index (χ0v) is 21.4. The highest BCUT2D eigenvalue weighted by atomic mass is 79.9. The van der Waals surface area contributed by atoms with Crippen molar-refractivity contribution in [3.05, 3.63) is 27.1 Å². The van der Waals surface area contributed by atoms with E-state index < -0.39 is 0 Å². The van der Waals surface area contributed by atoms with Gasteiger partial charge in [-0.25, -0.2) is 0 Å². The lowest BCUT2D eigenvalue weighted by Gasteiger charge is -2.27. The Morgan fingerprint density at radius 1 is 1.28 bits per heavy atom. The Balaban J connectivity index is 1.76. The maximum Gasteiger partial charge on any atom is 0.266 e. The molecule has 0 saturated carbocycles. The normalized spacial score (nSPS) is 17.9. The highest BCUT2D eigenvalue weighted by Gasteiger charge is 2.31. The van der Waals surface area contributed by atoms with Gasteiger partial charge in [-0.3, -0.25) is 14.5 Å². The summed E-state index contributed by atoms with van der Waals surface area (Å²) in [6.45, 7) is 7.15. The first kappa shape index (κ1) is 25.0. The van der Waals surface area contributed by atoms with Crippen molar-refractivity contribution in [1.82, 2.24) is 9.80 Å². The first-order valence-corrected chi connectivity index (χ1v) is 12.7. The van der Waals surface area contributed by atoms with Crippen molar-refractivity contribution in [1.29, 1.82) is 0 Å². The number of rotatable bonds is 9. The molecule has 0 spiro atoms. The number of thiocarbonyl (C=S) groups is 1. The molecule has 32 heavy (non-hydrogen) atoms. The van der Waals surface area contributed by atoms with Gasteiger partial charge in [0.15, 0.2) is 18.1 Å². The minimum atomic E-state index is -0.0949. The number of benzene rings is 1. The van der Waals surface area contributed by atoms with E-state index in [1.54, 1.807) is 21.9 Å². The summed E-state index contributed by atoms with van der Waals surface area (Å²) in [4.78, 5) is 29.2. The molecule has 2 aliphatic heterocycles. The Hall–Kier alpha value is -1.62. The molecule has 2 aliphatic rings. The molecule has 7 nitrogen and oxygen atoms in total. The van der Waals surface area contributed by atoms with E-state index in [-0.39, 0.29) is 18.4 Å². The lowest BCUT2D eigenvalue weighted by Crippen LogP contribution is -2.43. The van der Waals surface area contributed by atoms with Gasteiger partial charge in [-0.1, -0.05) is 37.3 Å². The number of morpholine rings is 1. The molecule has 3 rings (SSSR count). The number of halogens is 1. The van der Waals surface area contributed by atoms with Gasteiger partial charge in [-0.2, -0.15) is 0 Å². The zero-order chi connectivity index (χ0) is 23.1. The highest BCUT2D eigenvalue weighted by Crippen LogP contribution is 2.39. The van der Waals surface area contributed by atoms with Gasteiger partial charge in [-0.05, 0) is 53.0 Å². The van der Waals surface area contributed by atoms with E-state index in [2.05, 4.69) is 22.9 Å². The average molecular weight is 544 g/mol. The minimum absolute atomic E-state index is 0.0704. The molecule has 174 valence electrons. The van der Waals surface area contributed by atoms with Crippen LogP contribution in [0.3, 0.4) is 0 Å². The summed E-state index contributed by atoms with van der Waals surface area (Å²) in [7, 11) is 0. The van der Waals surface area contributed by atoms with Gasteiger partial charge in [0.25, 0.3) is 11.8 Å². The molecule has 0 atom stereocenters. The summed E-state index contributed by atoms with van der Waals surface area (Å²) >= 11 is 10.2. The first-order chi connectivity index (χ1) is 15.4. The Kier molecular flexibility index (Phi) is 9.39. The van der Waals surface area contributed by atoms with Crippen molar-refractivity contribution < 1.29 is 23.8 Å². The molecular weight excluding hydrogens is 516 g/mol. The second-order valence-corrected chi connectivity index (χ2v) is 9.76. The Bertz CT molecular complexity index is 903. The third-order valence-corrected chi connectivity index (χ3v) is 6.91. The van der Waals surface area contributed by atoms with Crippen LogP contribution >= 0.6 is 39.9 Å². The minimum Gasteiger partial charge on any atom is -0.490 e. The summed E-state index contributed by atoms with van der Waals surface area (Å²) in [5, 5.41) is 0. The molecule has 2 heterocycles. The Labute approximate surface area is 206 Å². The van der Waals surface area contributed by atoms with Crippen LogP contribution in [-0.4, -0.2) is 72.0 Å². The van der Waals surface area contributed by atoms with Crippen molar-refractivity contribution in [3.8, 4) is 11.5 Å². The second-order valence-electron chi connectivity index (χ2n) is 7.23. The van der Waals surface area contributed by atoms with Gasteiger partial charge in [-0.15, -0.1) is 0 Å². The van der Waals surface area contributed by atoms with Crippen molar-refractivity contribution in [2.45, 2.75) is 26.7 Å². The molecule has 1 aromatic carbocycles. The summed E-state index contributed by atoms with van der Waals surface area (Å²) in [5.41, 5.74) is 0.781. The van der Waals surface area contributed by atoms with Crippen LogP contribution in [0.25, 0.3) is 6.08 Å². The van der Waals surface area contributed by atoms with Crippen molar-refractivity contribution in [2.24, 2.45) is 0 Å². The molecule has 2 amide bonds. The molecule has 10 heteroatoms. The van der Waals surface area contributed by atoms with E-state index in [1.807, 2.05) is 13.0 Å². The third-order valence-electron chi connectivity index (χ3n) is 4.94. The van der Waals surface area contributed by atoms with Crippen LogP contribution in [0, 0.1) is 0 Å². The van der Waals surface area contributed by atoms with Gasteiger partial charge in [0.2, 0.25) is 0 Å². The Morgan fingerprint density at radius 2 is 2.03 bits per heavy atom. The standard InChI is InChI=1S/C22H27BrN2O5S2/c1-3-5-6-25-21(27)18(32-22(25)31)13-15-11-16(23)20(17(12-15)29-4-2)30-14-19(26)24-7-9-28-10-8-24/h11-13H,3-10,14H2,1-2H3/b18-13-. The fourth-order valence-electron chi connectivity index (χ4n) is 3.27. The van der Waals surface area contributed by atoms with Crippen LogP contribution in [0.1, 0.15) is 32.3 Å². The van der Waals surface area contributed by atoms with Gasteiger partial charge in [0.1, 0.15) is 4.32 Å². The maximum atomic E-state index is 12.7. The molecule has 1 aromatic rings. The summed E-state index contributed by atoms with van der Waals surface area (Å²) in [6.07, 6.45) is 3.71. The monoisotopic (exact) mass is 542 g/mol. The van der Waals surface area contributed by atoms with E-state index in [9.17, 15) is 9.59 Å². The Morgan fingerprint density at radius 3 is 2.72 bits per heavy atom. The number of hydrogen-bond acceptors (Lipinski definition) is 7. The van der Waals surface area contributed by atoms with Crippen molar-refractivity contribution >= 4 is 62.1 Å². The molecule has 0 bridgehead atoms. The van der Waals surface area contributed by atoms with E-state index in [0.717, 1.165) is 18.4 Å². The van der Waals surface area contributed by atoms with Crippen LogP contribution in [0.2, 0.25) is 0 Å². The van der Waals surface area contributed by atoms with Crippen molar-refractivity contribution in [3.63, 3.8) is 0 Å². The smallest absolute Gasteiger partial charge is 0.266 e. The number of unbranched alkanes of at least 4 members (excludes halogenated alkanes) is 1. The summed E-state index contributed by atoms with van der Waals surface area (Å²) in [5.74, 6) is 0.798. The van der Waals surface area contributed by atoms with E-state index in [4.69, 9.17) is 26.4 Å². The quantitative estimate of drug-likeness (QED) is 0.344. The number of carbonyl (C=O) groups excluding carboxylic acids is 2. The number of carbonyl (C=O) groups is 2. The first-order valence-electron chi connectivity index (χ1n) is 10.6. The van der Waals surface area contributed by atoms with Gasteiger partial charge >= 0.3 is 0 Å². The van der Waals surface area contributed by atoms with E-state index in [0.29, 0.717) is 64.7 Å². The van der Waals surface area contributed by atoms with E-state index >= 15 is 0 Å². The second kappa shape index (κ2) is 12.0. The predicted octanol–water partition coefficient (Wildman–Crippen LogP) is 4.09. The largest absolute Gasteiger partial charge is 0.490 e. The van der Waals surface area contributed by atoms with Crippen LogP contribution < -0.4 is 9.47 Å². The maximum absolute atomic E-state index is 12.7. The lowest BCUT2D eigenvalue weighted by molar-refractivity contribution is -0.137. The summed E-state index contributed by atoms with van der Waals surface area (Å²) < 4.78 is 18.1.